The van der Waals surface area contributed by atoms with Gasteiger partial charge in [0.2, 0.25) is 0 Å². The smallest absolute Gasteiger partial charge is 0.250 e. The molecule has 1 heterocycles. The first-order valence-electron chi connectivity index (χ1n) is 2.38. The molecule has 0 aromatic carbocycles. The van der Waals surface area contributed by atoms with Crippen LogP contribution in [0, 0.1) is 0 Å². The van der Waals surface area contributed by atoms with Crippen LogP contribution in [0.4, 0.5) is 0 Å². The summed E-state index contributed by atoms with van der Waals surface area (Å²) in [4.78, 5) is 10.2. The van der Waals surface area contributed by atoms with Gasteiger partial charge in [-0.3, -0.25) is 4.79 Å². The minimum atomic E-state index is -0.477. The van der Waals surface area contributed by atoms with E-state index in [-0.39, 0.29) is 0 Å². The molecule has 1 unspecified atom stereocenters. The molecule has 0 aliphatic carbocycles. The minimum absolute atomic E-state index is 0.418. The maximum atomic E-state index is 10.2. The molecular formula is C5H7NO2. The fraction of sp³-hybridized carbons (Fsp3) is 0.400. The number of hydrogen-bond acceptors (Lipinski definition) is 2. The van der Waals surface area contributed by atoms with Gasteiger partial charge in [-0.05, 0) is 6.08 Å². The van der Waals surface area contributed by atoms with Crippen molar-refractivity contribution in [3.05, 3.63) is 12.2 Å². The highest BCUT2D eigenvalue weighted by Gasteiger charge is 2.14. The summed E-state index contributed by atoms with van der Waals surface area (Å²) < 4.78 is 4.83. The fourth-order valence-corrected chi connectivity index (χ4v) is 0.571. The van der Waals surface area contributed by atoms with Crippen molar-refractivity contribution in [1.82, 2.24) is 0 Å². The molecule has 0 aromatic heterocycles. The van der Waals surface area contributed by atoms with Crippen molar-refractivity contribution in [2.75, 3.05) is 6.61 Å². The summed E-state index contributed by atoms with van der Waals surface area (Å²) in [6, 6.07) is 0. The van der Waals surface area contributed by atoms with Crippen LogP contribution in [0.5, 0.6) is 0 Å². The zero-order valence-electron chi connectivity index (χ0n) is 4.33. The van der Waals surface area contributed by atoms with Crippen molar-refractivity contribution in [3.8, 4) is 0 Å². The monoisotopic (exact) mass is 113 g/mol. The molecule has 0 radical (unpaired) electrons. The Morgan fingerprint density at radius 2 is 2.62 bits per heavy atom. The van der Waals surface area contributed by atoms with Gasteiger partial charge in [0.1, 0.15) is 0 Å². The van der Waals surface area contributed by atoms with E-state index < -0.39 is 12.0 Å². The molecule has 0 bridgehead atoms. The SMILES string of the molecule is NC(=O)C1C=CCO1. The first-order chi connectivity index (χ1) is 3.80. The van der Waals surface area contributed by atoms with Crippen LogP contribution in [0.15, 0.2) is 12.2 Å². The lowest BCUT2D eigenvalue weighted by Gasteiger charge is -1.99. The third kappa shape index (κ3) is 0.869. The number of hydrogen-bond donors (Lipinski definition) is 1. The van der Waals surface area contributed by atoms with E-state index in [1.54, 1.807) is 12.2 Å². The van der Waals surface area contributed by atoms with Crippen LogP contribution in [0.2, 0.25) is 0 Å². The summed E-state index contributed by atoms with van der Waals surface area (Å²) in [7, 11) is 0. The number of ether oxygens (including phenoxy) is 1. The van der Waals surface area contributed by atoms with Crippen LogP contribution in [0.25, 0.3) is 0 Å². The number of carbonyl (C=O) groups excluding carboxylic acids is 1. The first kappa shape index (κ1) is 5.31. The highest BCUT2D eigenvalue weighted by Crippen LogP contribution is 2.00. The Kier molecular flexibility index (Phi) is 1.30. The van der Waals surface area contributed by atoms with E-state index in [2.05, 4.69) is 0 Å². The molecule has 2 N–H and O–H groups in total. The molecule has 0 spiro atoms. The maximum Gasteiger partial charge on any atom is 0.250 e. The van der Waals surface area contributed by atoms with Gasteiger partial charge in [-0.25, -0.2) is 0 Å². The highest BCUT2D eigenvalue weighted by atomic mass is 16.5. The molecule has 0 aromatic rings. The maximum absolute atomic E-state index is 10.2. The second-order valence-corrected chi connectivity index (χ2v) is 1.58. The Morgan fingerprint density at radius 1 is 1.88 bits per heavy atom. The number of rotatable bonds is 1. The van der Waals surface area contributed by atoms with Crippen LogP contribution >= 0.6 is 0 Å². The molecule has 44 valence electrons. The van der Waals surface area contributed by atoms with Gasteiger partial charge in [-0.15, -0.1) is 0 Å². The third-order valence-electron chi connectivity index (χ3n) is 0.963. The fourth-order valence-electron chi connectivity index (χ4n) is 0.571. The Balaban J connectivity index is 2.48. The molecule has 0 saturated heterocycles. The van der Waals surface area contributed by atoms with Crippen molar-refractivity contribution in [2.45, 2.75) is 6.10 Å². The van der Waals surface area contributed by atoms with Crippen LogP contribution in [0.3, 0.4) is 0 Å². The largest absolute Gasteiger partial charge is 0.367 e. The van der Waals surface area contributed by atoms with Crippen LogP contribution in [-0.4, -0.2) is 18.6 Å². The molecule has 3 nitrogen and oxygen atoms in total. The van der Waals surface area contributed by atoms with E-state index in [0.717, 1.165) is 0 Å². The number of nitrogens with two attached hydrogens (primary N) is 1. The second kappa shape index (κ2) is 1.96. The van der Waals surface area contributed by atoms with Crippen molar-refractivity contribution in [1.29, 1.82) is 0 Å². The van der Waals surface area contributed by atoms with Gasteiger partial charge in [-0.1, -0.05) is 6.08 Å². The average molecular weight is 113 g/mol. The van der Waals surface area contributed by atoms with Crippen LogP contribution in [0.1, 0.15) is 0 Å². The second-order valence-electron chi connectivity index (χ2n) is 1.58. The molecule has 1 amide bonds. The van der Waals surface area contributed by atoms with Gasteiger partial charge in [-0.2, -0.15) is 0 Å². The van der Waals surface area contributed by atoms with Gasteiger partial charge in [0, 0.05) is 0 Å². The summed E-state index contributed by atoms with van der Waals surface area (Å²) in [5, 5.41) is 0. The highest BCUT2D eigenvalue weighted by molar-refractivity contribution is 5.81. The summed E-state index contributed by atoms with van der Waals surface area (Å²) in [5.41, 5.74) is 4.88. The van der Waals surface area contributed by atoms with Gasteiger partial charge in [0.05, 0.1) is 6.61 Å². The molecular weight excluding hydrogens is 106 g/mol. The van der Waals surface area contributed by atoms with Gasteiger partial charge < -0.3 is 10.5 Å². The number of primary amides is 1. The zero-order chi connectivity index (χ0) is 5.98. The van der Waals surface area contributed by atoms with E-state index in [0.29, 0.717) is 6.61 Å². The Labute approximate surface area is 47.1 Å². The van der Waals surface area contributed by atoms with E-state index in [4.69, 9.17) is 10.5 Å². The van der Waals surface area contributed by atoms with Crippen LogP contribution in [-0.2, 0) is 9.53 Å². The lowest BCUT2D eigenvalue weighted by molar-refractivity contribution is -0.125. The normalized spacial score (nSPS) is 26.2. The van der Waals surface area contributed by atoms with E-state index in [9.17, 15) is 4.79 Å². The Bertz CT molecular complexity index is 130. The van der Waals surface area contributed by atoms with Crippen molar-refractivity contribution < 1.29 is 9.53 Å². The van der Waals surface area contributed by atoms with E-state index in [1.807, 2.05) is 0 Å². The molecule has 1 rings (SSSR count). The number of carbonyl (C=O) groups is 1. The van der Waals surface area contributed by atoms with Gasteiger partial charge >= 0.3 is 0 Å². The predicted molar refractivity (Wildman–Crippen MR) is 28.1 cm³/mol. The van der Waals surface area contributed by atoms with Gasteiger partial charge in [0.15, 0.2) is 6.10 Å². The number of amides is 1. The molecule has 1 aliphatic heterocycles. The molecule has 0 saturated carbocycles. The van der Waals surface area contributed by atoms with Crippen molar-refractivity contribution in [3.63, 3.8) is 0 Å². The predicted octanol–water partition coefficient (Wildman–Crippen LogP) is -0.573. The Hall–Kier alpha value is -0.830. The molecule has 1 atom stereocenters. The summed E-state index contributed by atoms with van der Waals surface area (Å²) in [5.74, 6) is -0.418. The van der Waals surface area contributed by atoms with E-state index in [1.165, 1.54) is 0 Å². The lowest BCUT2D eigenvalue weighted by atomic mass is 10.3. The zero-order valence-corrected chi connectivity index (χ0v) is 4.33. The summed E-state index contributed by atoms with van der Waals surface area (Å²) in [6.45, 7) is 0.508. The van der Waals surface area contributed by atoms with E-state index >= 15 is 0 Å². The third-order valence-corrected chi connectivity index (χ3v) is 0.963. The summed E-state index contributed by atoms with van der Waals surface area (Å²) >= 11 is 0. The van der Waals surface area contributed by atoms with Crippen molar-refractivity contribution in [2.24, 2.45) is 5.73 Å². The average Bonchev–Trinajstić information content (AvgIpc) is 2.12. The lowest BCUT2D eigenvalue weighted by Crippen LogP contribution is -2.26. The van der Waals surface area contributed by atoms with Crippen LogP contribution < -0.4 is 5.73 Å². The topological polar surface area (TPSA) is 52.3 Å². The minimum Gasteiger partial charge on any atom is -0.367 e. The van der Waals surface area contributed by atoms with Crippen molar-refractivity contribution >= 4 is 5.91 Å². The van der Waals surface area contributed by atoms with Gasteiger partial charge in [0.25, 0.3) is 5.91 Å². The Morgan fingerprint density at radius 3 is 2.88 bits per heavy atom. The summed E-state index contributed by atoms with van der Waals surface area (Å²) in [6.07, 6.45) is 2.95. The standard InChI is InChI=1S/C5H7NO2/c6-5(7)4-2-1-3-8-4/h1-2,4H,3H2,(H2,6,7). The molecule has 3 heteroatoms. The molecule has 1 aliphatic rings. The molecule has 8 heavy (non-hydrogen) atoms. The molecule has 0 fully saturated rings. The quantitative estimate of drug-likeness (QED) is 0.463. The first-order valence-corrected chi connectivity index (χ1v) is 2.38.